The van der Waals surface area contributed by atoms with Gasteiger partial charge < -0.3 is 15.0 Å². The number of carbonyl (C=O) groups excluding carboxylic acids is 1. The van der Waals surface area contributed by atoms with Gasteiger partial charge in [-0.3, -0.25) is 9.78 Å². The van der Waals surface area contributed by atoms with Crippen LogP contribution in [-0.2, 0) is 4.79 Å². The minimum absolute atomic E-state index is 0.0178. The molecule has 7 heteroatoms. The van der Waals surface area contributed by atoms with Gasteiger partial charge in [0, 0.05) is 25.4 Å². The molecule has 1 fully saturated rings. The molecule has 0 radical (unpaired) electrons. The highest BCUT2D eigenvalue weighted by molar-refractivity contribution is 5.92. The molecule has 0 spiro atoms. The van der Waals surface area contributed by atoms with Gasteiger partial charge >= 0.3 is 0 Å². The lowest BCUT2D eigenvalue weighted by atomic mass is 9.97. The Hall–Kier alpha value is -2.70. The summed E-state index contributed by atoms with van der Waals surface area (Å²) in [4.78, 5) is 18.5. The summed E-state index contributed by atoms with van der Waals surface area (Å²) < 4.78 is 5.02. The summed E-state index contributed by atoms with van der Waals surface area (Å²) in [5.74, 6) is 1.19. The van der Waals surface area contributed by atoms with Crippen molar-refractivity contribution in [1.82, 2.24) is 15.2 Å². The predicted molar refractivity (Wildman–Crippen MR) is 86.4 cm³/mol. The monoisotopic (exact) mass is 313 g/mol. The van der Waals surface area contributed by atoms with E-state index in [9.17, 15) is 4.79 Å². The van der Waals surface area contributed by atoms with Gasteiger partial charge in [-0.05, 0) is 31.0 Å². The fraction of sp³-hybridized carbons (Fsp3) is 0.375. The maximum Gasteiger partial charge on any atom is 0.233 e. The summed E-state index contributed by atoms with van der Waals surface area (Å²) in [6.07, 6.45) is 5.14. The van der Waals surface area contributed by atoms with Gasteiger partial charge in [-0.2, -0.15) is 0 Å². The second-order valence-corrected chi connectivity index (χ2v) is 5.45. The van der Waals surface area contributed by atoms with Crippen molar-refractivity contribution < 1.29 is 9.53 Å². The molecule has 3 heterocycles. The molecule has 7 nitrogen and oxygen atoms in total. The average Bonchev–Trinajstić information content (AvgIpc) is 2.63. The summed E-state index contributed by atoms with van der Waals surface area (Å²) in [6, 6.07) is 7.28. The van der Waals surface area contributed by atoms with E-state index in [-0.39, 0.29) is 11.8 Å². The van der Waals surface area contributed by atoms with Crippen LogP contribution in [0, 0.1) is 5.92 Å². The number of amides is 1. The van der Waals surface area contributed by atoms with Crippen LogP contribution in [0.1, 0.15) is 12.8 Å². The van der Waals surface area contributed by atoms with Gasteiger partial charge in [0.2, 0.25) is 11.8 Å². The van der Waals surface area contributed by atoms with Crippen LogP contribution in [-0.4, -0.2) is 41.3 Å². The molecular formula is C16H19N5O2. The maximum atomic E-state index is 12.4. The Balaban J connectivity index is 1.64. The zero-order valence-corrected chi connectivity index (χ0v) is 13.0. The van der Waals surface area contributed by atoms with Crippen molar-refractivity contribution in [3.05, 3.63) is 36.7 Å². The van der Waals surface area contributed by atoms with E-state index >= 15 is 0 Å². The number of nitrogens with zero attached hydrogens (tertiary/aromatic N) is 4. The van der Waals surface area contributed by atoms with Crippen molar-refractivity contribution >= 4 is 17.4 Å². The number of rotatable bonds is 4. The van der Waals surface area contributed by atoms with E-state index in [4.69, 9.17) is 4.74 Å². The topological polar surface area (TPSA) is 80.2 Å². The number of carbonyl (C=O) groups is 1. The second-order valence-electron chi connectivity index (χ2n) is 5.45. The molecule has 3 rings (SSSR count). The fourth-order valence-corrected chi connectivity index (χ4v) is 2.67. The zero-order chi connectivity index (χ0) is 16.1. The molecule has 23 heavy (non-hydrogen) atoms. The number of methoxy groups -OCH3 is 1. The van der Waals surface area contributed by atoms with E-state index in [1.807, 2.05) is 12.1 Å². The average molecular weight is 313 g/mol. The molecule has 1 aliphatic heterocycles. The van der Waals surface area contributed by atoms with Crippen LogP contribution in [0.5, 0.6) is 5.88 Å². The number of hydrogen-bond acceptors (Lipinski definition) is 6. The third-order valence-electron chi connectivity index (χ3n) is 3.88. The van der Waals surface area contributed by atoms with E-state index in [1.165, 1.54) is 0 Å². The van der Waals surface area contributed by atoms with Crippen LogP contribution in [0.2, 0.25) is 0 Å². The second kappa shape index (κ2) is 7.04. The van der Waals surface area contributed by atoms with Crippen molar-refractivity contribution in [2.45, 2.75) is 12.8 Å². The molecule has 1 unspecified atom stereocenters. The number of aromatic nitrogens is 3. The first kappa shape index (κ1) is 15.2. The molecule has 0 bridgehead atoms. The minimum Gasteiger partial charge on any atom is -0.480 e. The van der Waals surface area contributed by atoms with Crippen LogP contribution < -0.4 is 15.0 Å². The van der Waals surface area contributed by atoms with E-state index < -0.39 is 0 Å². The first-order valence-electron chi connectivity index (χ1n) is 7.60. The van der Waals surface area contributed by atoms with E-state index in [0.717, 1.165) is 30.9 Å². The van der Waals surface area contributed by atoms with E-state index in [0.29, 0.717) is 12.4 Å². The van der Waals surface area contributed by atoms with Crippen molar-refractivity contribution in [2.75, 3.05) is 30.4 Å². The SMILES string of the molecule is COc1ccc(N2CCCC(C(=O)Nc3cccnc3)C2)nn1. The lowest BCUT2D eigenvalue weighted by Crippen LogP contribution is -2.41. The first-order chi connectivity index (χ1) is 11.3. The first-order valence-corrected chi connectivity index (χ1v) is 7.60. The molecule has 1 saturated heterocycles. The van der Waals surface area contributed by atoms with Crippen LogP contribution in [0.3, 0.4) is 0 Å². The van der Waals surface area contributed by atoms with Gasteiger partial charge in [0.25, 0.3) is 0 Å². The summed E-state index contributed by atoms with van der Waals surface area (Å²) in [5.41, 5.74) is 0.721. The molecule has 2 aromatic rings. The van der Waals surface area contributed by atoms with Crippen molar-refractivity contribution in [3.63, 3.8) is 0 Å². The Bertz CT molecular complexity index is 647. The third kappa shape index (κ3) is 3.74. The molecular weight excluding hydrogens is 294 g/mol. The van der Waals surface area contributed by atoms with Crippen LogP contribution >= 0.6 is 0 Å². The minimum atomic E-state index is -0.0761. The van der Waals surface area contributed by atoms with E-state index in [1.54, 1.807) is 31.6 Å². The van der Waals surface area contributed by atoms with Crippen LogP contribution in [0.4, 0.5) is 11.5 Å². The van der Waals surface area contributed by atoms with Gasteiger partial charge in [-0.25, -0.2) is 0 Å². The summed E-state index contributed by atoms with van der Waals surface area (Å²) >= 11 is 0. The molecule has 0 aromatic carbocycles. The summed E-state index contributed by atoms with van der Waals surface area (Å²) in [6.45, 7) is 1.50. The summed E-state index contributed by atoms with van der Waals surface area (Å²) in [7, 11) is 1.56. The molecule has 1 amide bonds. The largest absolute Gasteiger partial charge is 0.480 e. The number of hydrogen-bond donors (Lipinski definition) is 1. The fourth-order valence-electron chi connectivity index (χ4n) is 2.67. The van der Waals surface area contributed by atoms with Crippen molar-refractivity contribution in [1.29, 1.82) is 0 Å². The standard InChI is InChI=1S/C16H19N5O2/c1-23-15-7-6-14(19-20-15)21-9-3-4-12(11-21)16(22)18-13-5-2-8-17-10-13/h2,5-8,10,12H,3-4,9,11H2,1H3,(H,18,22). The Morgan fingerprint density at radius 1 is 1.35 bits per heavy atom. The quantitative estimate of drug-likeness (QED) is 0.926. The van der Waals surface area contributed by atoms with E-state index in [2.05, 4.69) is 25.4 Å². The van der Waals surface area contributed by atoms with Gasteiger partial charge in [-0.15, -0.1) is 10.2 Å². The van der Waals surface area contributed by atoms with Crippen molar-refractivity contribution in [2.24, 2.45) is 5.92 Å². The molecule has 1 atom stereocenters. The zero-order valence-electron chi connectivity index (χ0n) is 13.0. The highest BCUT2D eigenvalue weighted by Gasteiger charge is 2.26. The smallest absolute Gasteiger partial charge is 0.233 e. The van der Waals surface area contributed by atoms with Gasteiger partial charge in [0.1, 0.15) is 0 Å². The van der Waals surface area contributed by atoms with Gasteiger partial charge in [0.05, 0.1) is 24.9 Å². The third-order valence-corrected chi connectivity index (χ3v) is 3.88. The molecule has 0 saturated carbocycles. The number of ether oxygens (including phenoxy) is 1. The van der Waals surface area contributed by atoms with Crippen LogP contribution in [0.25, 0.3) is 0 Å². The number of nitrogens with one attached hydrogen (secondary N) is 1. The molecule has 0 aliphatic carbocycles. The predicted octanol–water partition coefficient (Wildman–Crippen LogP) is 1.74. The molecule has 120 valence electrons. The van der Waals surface area contributed by atoms with Crippen LogP contribution in [0.15, 0.2) is 36.7 Å². The van der Waals surface area contributed by atoms with Crippen molar-refractivity contribution in [3.8, 4) is 5.88 Å². The van der Waals surface area contributed by atoms with Gasteiger partial charge in [-0.1, -0.05) is 0 Å². The Morgan fingerprint density at radius 3 is 2.96 bits per heavy atom. The lowest BCUT2D eigenvalue weighted by molar-refractivity contribution is -0.120. The molecule has 2 aromatic heterocycles. The maximum absolute atomic E-state index is 12.4. The Labute approximate surface area is 134 Å². The Morgan fingerprint density at radius 2 is 2.26 bits per heavy atom. The normalized spacial score (nSPS) is 17.6. The highest BCUT2D eigenvalue weighted by atomic mass is 16.5. The lowest BCUT2D eigenvalue weighted by Gasteiger charge is -2.32. The molecule has 1 aliphatic rings. The summed E-state index contributed by atoms with van der Waals surface area (Å²) in [5, 5.41) is 11.1. The highest BCUT2D eigenvalue weighted by Crippen LogP contribution is 2.23. The Kier molecular flexibility index (Phi) is 4.65. The van der Waals surface area contributed by atoms with Gasteiger partial charge in [0.15, 0.2) is 5.82 Å². The number of pyridine rings is 1. The number of piperidine rings is 1. The molecule has 1 N–H and O–H groups in total. The number of anilines is 2.